The van der Waals surface area contributed by atoms with Gasteiger partial charge in [-0.2, -0.15) is 0 Å². The highest BCUT2D eigenvalue weighted by Gasteiger charge is 2.15. The first-order valence-electron chi connectivity index (χ1n) is 7.49. The molecule has 26 heavy (non-hydrogen) atoms. The molecule has 2 aromatic rings. The standard InChI is InChI=1S/C18H15Cl2NO4S/c1-11(22)10-26-16-5-3-2-4-15(16)18(24)25-9-17(23)21-14-7-12(19)6-13(20)8-14/h2-8H,9-10H2,1H3,(H,21,23). The second-order valence-corrected chi connectivity index (χ2v) is 7.16. The van der Waals surface area contributed by atoms with Crippen LogP contribution in [0, 0.1) is 0 Å². The molecule has 2 aromatic carbocycles. The Bertz CT molecular complexity index is 821. The molecule has 0 radical (unpaired) electrons. The predicted molar refractivity (Wildman–Crippen MR) is 103 cm³/mol. The van der Waals surface area contributed by atoms with Gasteiger partial charge in [0.2, 0.25) is 0 Å². The Hall–Kier alpha value is -2.02. The molecule has 0 aliphatic carbocycles. The molecule has 0 spiro atoms. The first kappa shape index (κ1) is 20.3. The quantitative estimate of drug-likeness (QED) is 0.537. The van der Waals surface area contributed by atoms with Crippen LogP contribution in [0.15, 0.2) is 47.4 Å². The third-order valence-electron chi connectivity index (χ3n) is 3.02. The molecule has 0 aromatic heterocycles. The van der Waals surface area contributed by atoms with Gasteiger partial charge in [0.25, 0.3) is 5.91 Å². The SMILES string of the molecule is CC(=O)CSc1ccccc1C(=O)OCC(=O)Nc1cc(Cl)cc(Cl)c1. The Balaban J connectivity index is 1.95. The number of halogens is 2. The summed E-state index contributed by atoms with van der Waals surface area (Å²) in [5.74, 6) is -0.917. The fourth-order valence-corrected chi connectivity index (χ4v) is 3.34. The number of thioether (sulfide) groups is 1. The van der Waals surface area contributed by atoms with Crippen molar-refractivity contribution in [3.8, 4) is 0 Å². The van der Waals surface area contributed by atoms with Crippen molar-refractivity contribution >= 4 is 58.3 Å². The van der Waals surface area contributed by atoms with Gasteiger partial charge in [0, 0.05) is 20.6 Å². The number of carbonyl (C=O) groups excluding carboxylic acids is 3. The fourth-order valence-electron chi connectivity index (χ4n) is 1.97. The van der Waals surface area contributed by atoms with Crippen LogP contribution in [0.5, 0.6) is 0 Å². The summed E-state index contributed by atoms with van der Waals surface area (Å²) in [4.78, 5) is 35.9. The van der Waals surface area contributed by atoms with E-state index in [0.29, 0.717) is 26.2 Å². The van der Waals surface area contributed by atoms with Crippen molar-refractivity contribution in [1.82, 2.24) is 0 Å². The minimum atomic E-state index is -0.643. The summed E-state index contributed by atoms with van der Waals surface area (Å²) in [7, 11) is 0. The maximum atomic E-state index is 12.2. The number of Topliss-reactive ketones (excluding diaryl/α,β-unsaturated/α-hetero) is 1. The van der Waals surface area contributed by atoms with Crippen molar-refractivity contribution in [3.63, 3.8) is 0 Å². The number of nitrogens with one attached hydrogen (secondary N) is 1. The highest BCUT2D eigenvalue weighted by atomic mass is 35.5. The van der Waals surface area contributed by atoms with Gasteiger partial charge in [-0.15, -0.1) is 11.8 Å². The number of hydrogen-bond acceptors (Lipinski definition) is 5. The molecule has 0 aliphatic heterocycles. The largest absolute Gasteiger partial charge is 0.452 e. The van der Waals surface area contributed by atoms with Gasteiger partial charge >= 0.3 is 5.97 Å². The molecule has 0 saturated heterocycles. The van der Waals surface area contributed by atoms with E-state index >= 15 is 0 Å². The Morgan fingerprint density at radius 3 is 2.38 bits per heavy atom. The van der Waals surface area contributed by atoms with Crippen LogP contribution < -0.4 is 5.32 Å². The highest BCUT2D eigenvalue weighted by molar-refractivity contribution is 8.00. The van der Waals surface area contributed by atoms with Crippen LogP contribution in [0.1, 0.15) is 17.3 Å². The minimum absolute atomic E-state index is 0.00210. The molecule has 0 saturated carbocycles. The van der Waals surface area contributed by atoms with Crippen LogP contribution in [0.4, 0.5) is 5.69 Å². The summed E-state index contributed by atoms with van der Waals surface area (Å²) in [5, 5.41) is 3.30. The number of ether oxygens (including phenoxy) is 1. The summed E-state index contributed by atoms with van der Waals surface area (Å²) in [6.45, 7) is 1.01. The molecule has 0 atom stereocenters. The van der Waals surface area contributed by atoms with Crippen molar-refractivity contribution in [1.29, 1.82) is 0 Å². The zero-order valence-corrected chi connectivity index (χ0v) is 16.1. The lowest BCUT2D eigenvalue weighted by Gasteiger charge is -2.10. The molecule has 8 heteroatoms. The Morgan fingerprint density at radius 1 is 1.08 bits per heavy atom. The summed E-state index contributed by atoms with van der Waals surface area (Å²) in [6, 6.07) is 11.3. The molecule has 0 fully saturated rings. The lowest BCUT2D eigenvalue weighted by atomic mass is 10.2. The molecule has 0 aliphatic rings. The van der Waals surface area contributed by atoms with Gasteiger partial charge in [-0.05, 0) is 37.3 Å². The van der Waals surface area contributed by atoms with Crippen LogP contribution >= 0.6 is 35.0 Å². The molecule has 1 amide bonds. The number of hydrogen-bond donors (Lipinski definition) is 1. The first-order valence-corrected chi connectivity index (χ1v) is 9.23. The topological polar surface area (TPSA) is 72.5 Å². The van der Waals surface area contributed by atoms with E-state index in [-0.39, 0.29) is 11.5 Å². The van der Waals surface area contributed by atoms with Gasteiger partial charge < -0.3 is 10.1 Å². The summed E-state index contributed by atoms with van der Waals surface area (Å²) in [5.41, 5.74) is 0.707. The van der Waals surface area contributed by atoms with E-state index < -0.39 is 18.5 Å². The zero-order valence-electron chi connectivity index (χ0n) is 13.8. The third-order valence-corrected chi connectivity index (χ3v) is 4.67. The smallest absolute Gasteiger partial charge is 0.339 e. The van der Waals surface area contributed by atoms with Crippen LogP contribution in [0.25, 0.3) is 0 Å². The first-order chi connectivity index (χ1) is 12.3. The predicted octanol–water partition coefficient (Wildman–Crippen LogP) is 4.47. The van der Waals surface area contributed by atoms with Gasteiger partial charge in [0.1, 0.15) is 5.78 Å². The molecular formula is C18H15Cl2NO4S. The number of amides is 1. The van der Waals surface area contributed by atoms with Gasteiger partial charge in [-0.1, -0.05) is 35.3 Å². The van der Waals surface area contributed by atoms with Crippen LogP contribution in [0.3, 0.4) is 0 Å². The lowest BCUT2D eigenvalue weighted by Crippen LogP contribution is -2.21. The lowest BCUT2D eigenvalue weighted by molar-refractivity contribution is -0.119. The number of anilines is 1. The number of benzene rings is 2. The number of esters is 1. The normalized spacial score (nSPS) is 10.3. The van der Waals surface area contributed by atoms with Crippen molar-refractivity contribution in [2.45, 2.75) is 11.8 Å². The van der Waals surface area contributed by atoms with Gasteiger partial charge in [-0.25, -0.2) is 4.79 Å². The zero-order chi connectivity index (χ0) is 19.1. The van der Waals surface area contributed by atoms with Crippen LogP contribution in [0.2, 0.25) is 10.0 Å². The third kappa shape index (κ3) is 6.37. The number of rotatable bonds is 7. The van der Waals surface area contributed by atoms with Crippen molar-refractivity contribution < 1.29 is 19.1 Å². The maximum Gasteiger partial charge on any atom is 0.339 e. The molecule has 136 valence electrons. The van der Waals surface area contributed by atoms with E-state index in [1.165, 1.54) is 36.9 Å². The molecule has 1 N–H and O–H groups in total. The molecule has 0 heterocycles. The van der Waals surface area contributed by atoms with E-state index in [1.54, 1.807) is 24.3 Å². The Morgan fingerprint density at radius 2 is 1.73 bits per heavy atom. The molecule has 0 bridgehead atoms. The highest BCUT2D eigenvalue weighted by Crippen LogP contribution is 2.24. The average Bonchev–Trinajstić information content (AvgIpc) is 2.57. The van der Waals surface area contributed by atoms with E-state index in [9.17, 15) is 14.4 Å². The summed E-state index contributed by atoms with van der Waals surface area (Å²) in [6.07, 6.45) is 0. The number of ketones is 1. The van der Waals surface area contributed by atoms with Gasteiger partial charge in [0.15, 0.2) is 6.61 Å². The van der Waals surface area contributed by atoms with E-state index in [4.69, 9.17) is 27.9 Å². The Kier molecular flexibility index (Phi) is 7.50. The number of carbonyl (C=O) groups is 3. The second-order valence-electron chi connectivity index (χ2n) is 5.27. The van der Waals surface area contributed by atoms with Crippen LogP contribution in [-0.4, -0.2) is 30.0 Å². The molecule has 0 unspecified atom stereocenters. The molecule has 5 nitrogen and oxygen atoms in total. The van der Waals surface area contributed by atoms with Crippen molar-refractivity contribution in [2.24, 2.45) is 0 Å². The van der Waals surface area contributed by atoms with E-state index in [0.717, 1.165) is 0 Å². The second kappa shape index (κ2) is 9.62. The summed E-state index contributed by atoms with van der Waals surface area (Å²) < 4.78 is 5.05. The van der Waals surface area contributed by atoms with Crippen molar-refractivity contribution in [2.75, 3.05) is 17.7 Å². The summed E-state index contributed by atoms with van der Waals surface area (Å²) >= 11 is 13.0. The monoisotopic (exact) mass is 411 g/mol. The van der Waals surface area contributed by atoms with Gasteiger partial charge in [0.05, 0.1) is 11.3 Å². The Labute approximate surface area is 165 Å². The average molecular weight is 412 g/mol. The van der Waals surface area contributed by atoms with Crippen LogP contribution in [-0.2, 0) is 14.3 Å². The maximum absolute atomic E-state index is 12.2. The van der Waals surface area contributed by atoms with Gasteiger partial charge in [-0.3, -0.25) is 9.59 Å². The van der Waals surface area contributed by atoms with Crippen molar-refractivity contribution in [3.05, 3.63) is 58.1 Å². The van der Waals surface area contributed by atoms with E-state index in [2.05, 4.69) is 5.32 Å². The molecular weight excluding hydrogens is 397 g/mol. The van der Waals surface area contributed by atoms with E-state index in [1.807, 2.05) is 0 Å². The molecule has 2 rings (SSSR count). The fraction of sp³-hybridized carbons (Fsp3) is 0.167. The minimum Gasteiger partial charge on any atom is -0.452 e.